The van der Waals surface area contributed by atoms with E-state index in [1.54, 1.807) is 0 Å². The first-order valence-corrected chi connectivity index (χ1v) is 8.46. The maximum atomic E-state index is 11.6. The second-order valence-electron chi connectivity index (χ2n) is 5.72. The third-order valence-corrected chi connectivity index (χ3v) is 5.98. The van der Waals surface area contributed by atoms with E-state index in [2.05, 4.69) is 24.1 Å². The number of hydrogen-bond donors (Lipinski definition) is 1. The first kappa shape index (κ1) is 13.3. The minimum absolute atomic E-state index is 0.142. The Labute approximate surface area is 105 Å². The van der Waals surface area contributed by atoms with Crippen molar-refractivity contribution < 1.29 is 8.42 Å². The SMILES string of the molecule is CCC1(C)CN(C2CCS(=O)(=O)C2)CCCN1. The molecule has 17 heavy (non-hydrogen) atoms. The molecule has 100 valence electrons. The Kier molecular flexibility index (Phi) is 3.80. The lowest BCUT2D eigenvalue weighted by Crippen LogP contribution is -2.51. The monoisotopic (exact) mass is 260 g/mol. The van der Waals surface area contributed by atoms with Crippen LogP contribution in [0.1, 0.15) is 33.1 Å². The molecule has 4 nitrogen and oxygen atoms in total. The van der Waals surface area contributed by atoms with Crippen LogP contribution in [0.25, 0.3) is 0 Å². The Morgan fingerprint density at radius 3 is 2.82 bits per heavy atom. The molecule has 2 heterocycles. The predicted molar refractivity (Wildman–Crippen MR) is 69.9 cm³/mol. The standard InChI is InChI=1S/C12H24N2O2S/c1-3-12(2)10-14(7-4-6-13-12)11-5-8-17(15,16)9-11/h11,13H,3-10H2,1-2H3. The molecular weight excluding hydrogens is 236 g/mol. The summed E-state index contributed by atoms with van der Waals surface area (Å²) in [5, 5.41) is 3.59. The Bertz CT molecular complexity index is 369. The molecule has 2 unspecified atom stereocenters. The van der Waals surface area contributed by atoms with E-state index in [0.29, 0.717) is 11.5 Å². The van der Waals surface area contributed by atoms with E-state index in [1.165, 1.54) is 0 Å². The van der Waals surface area contributed by atoms with Crippen molar-refractivity contribution in [2.45, 2.75) is 44.7 Å². The molecule has 2 atom stereocenters. The van der Waals surface area contributed by atoms with Crippen LogP contribution in [0.4, 0.5) is 0 Å². The summed E-state index contributed by atoms with van der Waals surface area (Å²) in [7, 11) is -2.76. The molecule has 2 fully saturated rings. The molecule has 0 aromatic heterocycles. The lowest BCUT2D eigenvalue weighted by Gasteiger charge is -2.35. The maximum Gasteiger partial charge on any atom is 0.151 e. The van der Waals surface area contributed by atoms with E-state index < -0.39 is 9.84 Å². The first-order chi connectivity index (χ1) is 7.94. The second kappa shape index (κ2) is 4.86. The van der Waals surface area contributed by atoms with Gasteiger partial charge in [0.05, 0.1) is 11.5 Å². The smallest absolute Gasteiger partial charge is 0.151 e. The Hall–Kier alpha value is -0.130. The van der Waals surface area contributed by atoms with E-state index in [0.717, 1.165) is 38.9 Å². The van der Waals surface area contributed by atoms with Gasteiger partial charge in [-0.1, -0.05) is 6.92 Å². The van der Waals surface area contributed by atoms with Crippen LogP contribution in [-0.4, -0.2) is 56.0 Å². The second-order valence-corrected chi connectivity index (χ2v) is 7.95. The van der Waals surface area contributed by atoms with Crippen molar-refractivity contribution in [1.82, 2.24) is 10.2 Å². The molecule has 0 bridgehead atoms. The summed E-state index contributed by atoms with van der Waals surface area (Å²) in [5.74, 6) is 0.747. The van der Waals surface area contributed by atoms with Gasteiger partial charge >= 0.3 is 0 Å². The van der Waals surface area contributed by atoms with Crippen molar-refractivity contribution in [1.29, 1.82) is 0 Å². The van der Waals surface area contributed by atoms with Crippen molar-refractivity contribution in [3.63, 3.8) is 0 Å². The molecule has 2 saturated heterocycles. The highest BCUT2D eigenvalue weighted by Gasteiger charge is 2.36. The summed E-state index contributed by atoms with van der Waals surface area (Å²) in [4.78, 5) is 2.40. The highest BCUT2D eigenvalue weighted by molar-refractivity contribution is 7.91. The summed E-state index contributed by atoms with van der Waals surface area (Å²) in [5.41, 5.74) is 0.142. The van der Waals surface area contributed by atoms with Crippen molar-refractivity contribution in [3.05, 3.63) is 0 Å². The highest BCUT2D eigenvalue weighted by atomic mass is 32.2. The summed E-state index contributed by atoms with van der Waals surface area (Å²) >= 11 is 0. The van der Waals surface area contributed by atoms with Gasteiger partial charge < -0.3 is 5.32 Å². The lowest BCUT2D eigenvalue weighted by atomic mass is 9.98. The van der Waals surface area contributed by atoms with Crippen LogP contribution in [0.2, 0.25) is 0 Å². The fraction of sp³-hybridized carbons (Fsp3) is 1.00. The topological polar surface area (TPSA) is 49.4 Å². The van der Waals surface area contributed by atoms with E-state index >= 15 is 0 Å². The summed E-state index contributed by atoms with van der Waals surface area (Å²) in [6.45, 7) is 7.49. The van der Waals surface area contributed by atoms with Gasteiger partial charge in [-0.2, -0.15) is 0 Å². The van der Waals surface area contributed by atoms with Gasteiger partial charge in [-0.25, -0.2) is 8.42 Å². The van der Waals surface area contributed by atoms with Gasteiger partial charge in [-0.15, -0.1) is 0 Å². The number of nitrogens with zero attached hydrogens (tertiary/aromatic N) is 1. The molecule has 1 N–H and O–H groups in total. The van der Waals surface area contributed by atoms with Gasteiger partial charge in [0.2, 0.25) is 0 Å². The minimum Gasteiger partial charge on any atom is -0.310 e. The zero-order valence-corrected chi connectivity index (χ0v) is 11.7. The summed E-state index contributed by atoms with van der Waals surface area (Å²) in [6.07, 6.45) is 3.03. The van der Waals surface area contributed by atoms with Crippen LogP contribution in [0.3, 0.4) is 0 Å². The van der Waals surface area contributed by atoms with E-state index in [9.17, 15) is 8.42 Å². The molecule has 2 rings (SSSR count). The van der Waals surface area contributed by atoms with Crippen LogP contribution in [0.5, 0.6) is 0 Å². The lowest BCUT2D eigenvalue weighted by molar-refractivity contribution is 0.171. The number of nitrogens with one attached hydrogen (secondary N) is 1. The normalized spacial score (nSPS) is 39.1. The molecule has 2 aliphatic rings. The van der Waals surface area contributed by atoms with Crippen molar-refractivity contribution in [2.24, 2.45) is 0 Å². The Morgan fingerprint density at radius 2 is 2.24 bits per heavy atom. The number of sulfone groups is 1. The molecular formula is C12H24N2O2S. The summed E-state index contributed by atoms with van der Waals surface area (Å²) in [6, 6.07) is 0.255. The summed E-state index contributed by atoms with van der Waals surface area (Å²) < 4.78 is 23.1. The molecule has 0 saturated carbocycles. The molecule has 5 heteroatoms. The van der Waals surface area contributed by atoms with E-state index in [4.69, 9.17) is 0 Å². The van der Waals surface area contributed by atoms with Crippen LogP contribution in [-0.2, 0) is 9.84 Å². The molecule has 0 radical (unpaired) electrons. The zero-order valence-electron chi connectivity index (χ0n) is 10.9. The van der Waals surface area contributed by atoms with Gasteiger partial charge in [-0.3, -0.25) is 4.90 Å². The Morgan fingerprint density at radius 1 is 1.47 bits per heavy atom. The van der Waals surface area contributed by atoms with Crippen LogP contribution >= 0.6 is 0 Å². The Balaban J connectivity index is 2.05. The average Bonchev–Trinajstić information content (AvgIpc) is 2.52. The molecule has 0 aromatic carbocycles. The highest BCUT2D eigenvalue weighted by Crippen LogP contribution is 2.23. The first-order valence-electron chi connectivity index (χ1n) is 6.64. The zero-order chi connectivity index (χ0) is 12.5. The third-order valence-electron chi connectivity index (χ3n) is 4.23. The van der Waals surface area contributed by atoms with Crippen molar-refractivity contribution in [2.75, 3.05) is 31.1 Å². The fourth-order valence-corrected chi connectivity index (χ4v) is 4.63. The van der Waals surface area contributed by atoms with E-state index in [-0.39, 0.29) is 11.6 Å². The average molecular weight is 260 g/mol. The quantitative estimate of drug-likeness (QED) is 0.791. The van der Waals surface area contributed by atoms with Crippen molar-refractivity contribution >= 4 is 9.84 Å². The van der Waals surface area contributed by atoms with Gasteiger partial charge in [-0.05, 0) is 39.3 Å². The van der Waals surface area contributed by atoms with Gasteiger partial charge in [0.1, 0.15) is 0 Å². The van der Waals surface area contributed by atoms with Crippen LogP contribution in [0.15, 0.2) is 0 Å². The molecule has 0 aromatic rings. The molecule has 0 amide bonds. The van der Waals surface area contributed by atoms with Crippen molar-refractivity contribution in [3.8, 4) is 0 Å². The molecule has 2 aliphatic heterocycles. The maximum absolute atomic E-state index is 11.6. The van der Waals surface area contributed by atoms with Gasteiger partial charge in [0, 0.05) is 18.1 Å². The predicted octanol–water partition coefficient (Wildman–Crippen LogP) is 0.638. The van der Waals surface area contributed by atoms with Crippen LogP contribution in [0, 0.1) is 0 Å². The van der Waals surface area contributed by atoms with Gasteiger partial charge in [0.15, 0.2) is 9.84 Å². The van der Waals surface area contributed by atoms with E-state index in [1.807, 2.05) is 0 Å². The van der Waals surface area contributed by atoms with Crippen LogP contribution < -0.4 is 5.32 Å². The minimum atomic E-state index is -2.76. The largest absolute Gasteiger partial charge is 0.310 e. The van der Waals surface area contributed by atoms with Gasteiger partial charge in [0.25, 0.3) is 0 Å². The molecule has 0 spiro atoms. The number of hydrogen-bond acceptors (Lipinski definition) is 4. The third kappa shape index (κ3) is 3.20. The fourth-order valence-electron chi connectivity index (χ4n) is 2.87. The number of rotatable bonds is 2. The molecule has 0 aliphatic carbocycles.